The average Bonchev–Trinajstić information content (AvgIpc) is 0.811. The van der Waals surface area contributed by atoms with Gasteiger partial charge in [-0.15, -0.1) is 0 Å². The predicted octanol–water partition coefficient (Wildman–Crippen LogP) is 1.83. The summed E-state index contributed by atoms with van der Waals surface area (Å²) >= 11 is 7.46. The van der Waals surface area contributed by atoms with Gasteiger partial charge in [0.1, 0.15) is 0 Å². The zero-order chi connectivity index (χ0) is 3.58. The zero-order valence-electron chi connectivity index (χ0n) is 2.04. The molecule has 0 heterocycles. The molecule has 0 saturated heterocycles. The van der Waals surface area contributed by atoms with Crippen molar-refractivity contribution in [2.75, 3.05) is 0 Å². The van der Waals surface area contributed by atoms with Crippen LogP contribution < -0.4 is 0 Å². The third-order valence-electron chi connectivity index (χ3n) is 0. The molecule has 0 fully saturated rings. The Bertz CT molecular complexity index is 11.6. The molecule has 0 aliphatic rings. The molecule has 5 heavy (non-hydrogen) atoms. The molecule has 1 nitrogen and oxygen atoms in total. The Labute approximate surface area is 68.0 Å². The van der Waals surface area contributed by atoms with E-state index < -0.39 is 6.27 Å². The normalized spacial score (nSPS) is 7.20. The van der Waals surface area contributed by atoms with Gasteiger partial charge in [-0.3, -0.25) is 0 Å². The van der Waals surface area contributed by atoms with Crippen molar-refractivity contribution in [2.24, 2.45) is 0 Å². The molecule has 35 valence electrons. The third-order valence-corrected chi connectivity index (χ3v) is 0. The first-order valence-electron chi connectivity index (χ1n) is 0.463. The van der Waals surface area contributed by atoms with E-state index in [2.05, 4.69) is 58.1 Å². The van der Waals surface area contributed by atoms with Crippen LogP contribution in [0.1, 0.15) is 0 Å². The molecule has 0 unspecified atom stereocenters. The standard InChI is InChI=1S/3HI.Mo.H2O/h3*1H;;1H2/q;;;+3;/p-3. The van der Waals surface area contributed by atoms with Crippen molar-refractivity contribution in [3.63, 3.8) is 0 Å². The van der Waals surface area contributed by atoms with Gasteiger partial charge in [0.05, 0.1) is 0 Å². The molecule has 0 radical (unpaired) electrons. The molecule has 0 amide bonds. The summed E-state index contributed by atoms with van der Waals surface area (Å²) < 4.78 is 0. The van der Waals surface area contributed by atoms with Crippen LogP contribution in [-0.4, -0.2) is 5.48 Å². The van der Waals surface area contributed by atoms with Gasteiger partial charge in [-0.2, -0.15) is 0 Å². The van der Waals surface area contributed by atoms with Crippen molar-refractivity contribution >= 4 is 58.1 Å². The van der Waals surface area contributed by atoms with Crippen LogP contribution in [0.2, 0.25) is 0 Å². The van der Waals surface area contributed by atoms with Gasteiger partial charge in [0, 0.05) is 0 Å². The van der Waals surface area contributed by atoms with E-state index in [1.54, 1.807) is 0 Å². The molecule has 2 N–H and O–H groups in total. The van der Waals surface area contributed by atoms with E-state index in [1.807, 2.05) is 0 Å². The molecule has 5 heteroatoms. The molecule has 0 atom stereocenters. The Hall–Kier alpha value is 2.84. The molecular weight excluding hydrogens is 493 g/mol. The summed E-state index contributed by atoms with van der Waals surface area (Å²) in [6, 6.07) is 0. The Kier molecular flexibility index (Phi) is 14.7. The first-order chi connectivity index (χ1) is 1.73. The van der Waals surface area contributed by atoms with Crippen molar-refractivity contribution < 1.29 is 11.7 Å². The van der Waals surface area contributed by atoms with Gasteiger partial charge in [0.15, 0.2) is 0 Å². The van der Waals surface area contributed by atoms with E-state index in [-0.39, 0.29) is 5.48 Å². The molecule has 0 aliphatic carbocycles. The van der Waals surface area contributed by atoms with Gasteiger partial charge in [-0.1, -0.05) is 0 Å². The maximum absolute atomic E-state index is 2.49. The van der Waals surface area contributed by atoms with Gasteiger partial charge in [-0.25, -0.2) is 0 Å². The summed E-state index contributed by atoms with van der Waals surface area (Å²) in [5.74, 6) is 0. The zero-order valence-corrected chi connectivity index (χ0v) is 10.5. The second-order valence-corrected chi connectivity index (χ2v) is 46.6. The molecule has 0 spiro atoms. The molecular formula is H2I3MoO. The van der Waals surface area contributed by atoms with E-state index in [0.717, 1.165) is 0 Å². The van der Waals surface area contributed by atoms with E-state index >= 15 is 0 Å². The molecule has 0 aliphatic heterocycles. The summed E-state index contributed by atoms with van der Waals surface area (Å²) in [6.45, 7) is 0. The van der Waals surface area contributed by atoms with Crippen LogP contribution in [0.3, 0.4) is 0 Å². The summed E-state index contributed by atoms with van der Waals surface area (Å²) in [5.41, 5.74) is 0. The van der Waals surface area contributed by atoms with Crippen LogP contribution in [0.5, 0.6) is 0 Å². The van der Waals surface area contributed by atoms with Crippen LogP contribution in [0.15, 0.2) is 0 Å². The van der Waals surface area contributed by atoms with Crippen LogP contribution in [0, 0.1) is 0 Å². The second-order valence-electron chi connectivity index (χ2n) is 0.175. The molecule has 0 aromatic heterocycles. The molecule has 0 aromatic rings. The Morgan fingerprint density at radius 2 is 1.00 bits per heavy atom. The summed E-state index contributed by atoms with van der Waals surface area (Å²) in [5, 5.41) is 0. The van der Waals surface area contributed by atoms with Gasteiger partial charge in [-0.05, 0) is 0 Å². The fourth-order valence-corrected chi connectivity index (χ4v) is 0. The first kappa shape index (κ1) is 10.8. The molecule has 0 rings (SSSR count). The molecule has 0 saturated carbocycles. The van der Waals surface area contributed by atoms with Gasteiger partial charge >= 0.3 is 64.3 Å². The minimum absolute atomic E-state index is 0. The van der Waals surface area contributed by atoms with Crippen LogP contribution in [0.25, 0.3) is 0 Å². The van der Waals surface area contributed by atoms with Crippen LogP contribution in [0.4, 0.5) is 0 Å². The van der Waals surface area contributed by atoms with Crippen LogP contribution >= 0.6 is 58.1 Å². The average molecular weight is 495 g/mol. The minimum atomic E-state index is -0.447. The number of hydrogen-bond donors (Lipinski definition) is 0. The van der Waals surface area contributed by atoms with Crippen molar-refractivity contribution in [3.8, 4) is 0 Å². The summed E-state index contributed by atoms with van der Waals surface area (Å²) in [4.78, 5) is 0. The number of hydrogen-bond acceptors (Lipinski definition) is 0. The van der Waals surface area contributed by atoms with E-state index in [0.29, 0.717) is 0 Å². The van der Waals surface area contributed by atoms with E-state index in [9.17, 15) is 0 Å². The quantitative estimate of drug-likeness (QED) is 0.364. The van der Waals surface area contributed by atoms with Crippen molar-refractivity contribution in [1.82, 2.24) is 0 Å². The Morgan fingerprint density at radius 3 is 1.00 bits per heavy atom. The van der Waals surface area contributed by atoms with Gasteiger partial charge in [0.25, 0.3) is 0 Å². The fourth-order valence-electron chi connectivity index (χ4n) is 0. The van der Waals surface area contributed by atoms with Crippen LogP contribution in [-0.2, 0) is 6.27 Å². The van der Waals surface area contributed by atoms with E-state index in [4.69, 9.17) is 0 Å². The van der Waals surface area contributed by atoms with Gasteiger partial charge in [0.2, 0.25) is 0 Å². The first-order valence-corrected chi connectivity index (χ1v) is 18.4. The topological polar surface area (TPSA) is 31.5 Å². The SMILES string of the molecule is O.[I][Mo]([I])[I]. The monoisotopic (exact) mass is 497 g/mol. The second kappa shape index (κ2) is 6.84. The Morgan fingerprint density at radius 1 is 1.00 bits per heavy atom. The fraction of sp³-hybridized carbons (Fsp3) is 0. The predicted molar refractivity (Wildman–Crippen MR) is 45.7 cm³/mol. The maximum atomic E-state index is 2.49. The van der Waals surface area contributed by atoms with E-state index in [1.165, 1.54) is 0 Å². The molecule has 0 bridgehead atoms. The molecule has 0 aromatic carbocycles. The summed E-state index contributed by atoms with van der Waals surface area (Å²) in [6.07, 6.45) is -0.447. The number of halogens is 3. The van der Waals surface area contributed by atoms with Crippen molar-refractivity contribution in [1.29, 1.82) is 0 Å². The summed E-state index contributed by atoms with van der Waals surface area (Å²) in [7, 11) is 0. The Balaban J connectivity index is 0. The number of rotatable bonds is 0. The van der Waals surface area contributed by atoms with Crippen molar-refractivity contribution in [2.45, 2.75) is 0 Å². The third kappa shape index (κ3) is 19.9. The van der Waals surface area contributed by atoms with Gasteiger partial charge < -0.3 is 5.48 Å². The van der Waals surface area contributed by atoms with Crippen molar-refractivity contribution in [3.05, 3.63) is 0 Å².